The van der Waals surface area contributed by atoms with Crippen molar-refractivity contribution in [1.29, 1.82) is 5.26 Å². The lowest BCUT2D eigenvalue weighted by molar-refractivity contribution is -0.140. The standard InChI is InChI=1S/C14H23N3O/c1-16(2)12-5-9-17(10-6-12)13(18)14(11-15)7-3-4-8-14/h12H,3-10H2,1-2H3. The van der Waals surface area contributed by atoms with Crippen LogP contribution in [0.1, 0.15) is 38.5 Å². The highest BCUT2D eigenvalue weighted by molar-refractivity contribution is 5.85. The second-order valence-corrected chi connectivity index (χ2v) is 5.89. The number of hydrogen-bond donors (Lipinski definition) is 0. The van der Waals surface area contributed by atoms with Gasteiger partial charge in [-0.3, -0.25) is 4.79 Å². The highest BCUT2D eigenvalue weighted by Crippen LogP contribution is 2.39. The van der Waals surface area contributed by atoms with Crippen molar-refractivity contribution in [3.05, 3.63) is 0 Å². The summed E-state index contributed by atoms with van der Waals surface area (Å²) in [4.78, 5) is 16.7. The van der Waals surface area contributed by atoms with Gasteiger partial charge in [0.1, 0.15) is 5.41 Å². The second kappa shape index (κ2) is 5.27. The van der Waals surface area contributed by atoms with Crippen molar-refractivity contribution < 1.29 is 4.79 Å². The van der Waals surface area contributed by atoms with E-state index in [0.717, 1.165) is 51.6 Å². The first-order valence-electron chi connectivity index (χ1n) is 6.96. The summed E-state index contributed by atoms with van der Waals surface area (Å²) in [6.07, 6.45) is 5.62. The predicted octanol–water partition coefficient (Wildman–Crippen LogP) is 1.62. The maximum atomic E-state index is 12.5. The molecule has 100 valence electrons. The molecule has 0 atom stereocenters. The van der Waals surface area contributed by atoms with Gasteiger partial charge in [0, 0.05) is 19.1 Å². The van der Waals surface area contributed by atoms with Gasteiger partial charge in [0.2, 0.25) is 5.91 Å². The molecule has 4 nitrogen and oxygen atoms in total. The van der Waals surface area contributed by atoms with E-state index in [1.54, 1.807) is 0 Å². The highest BCUT2D eigenvalue weighted by Gasteiger charge is 2.44. The molecule has 18 heavy (non-hydrogen) atoms. The summed E-state index contributed by atoms with van der Waals surface area (Å²) >= 11 is 0. The second-order valence-electron chi connectivity index (χ2n) is 5.89. The maximum Gasteiger partial charge on any atom is 0.243 e. The Balaban J connectivity index is 1.97. The molecular weight excluding hydrogens is 226 g/mol. The zero-order valence-electron chi connectivity index (χ0n) is 11.5. The van der Waals surface area contributed by atoms with Crippen LogP contribution >= 0.6 is 0 Å². The van der Waals surface area contributed by atoms with Crippen molar-refractivity contribution in [3.63, 3.8) is 0 Å². The van der Waals surface area contributed by atoms with Crippen LogP contribution in [0, 0.1) is 16.7 Å². The molecule has 4 heteroatoms. The van der Waals surface area contributed by atoms with Gasteiger partial charge in [-0.25, -0.2) is 0 Å². The molecule has 2 aliphatic rings. The fourth-order valence-corrected chi connectivity index (χ4v) is 3.24. The number of carbonyl (C=O) groups is 1. The third-order valence-corrected chi connectivity index (χ3v) is 4.56. The molecule has 2 rings (SSSR count). The smallest absolute Gasteiger partial charge is 0.243 e. The Bertz CT molecular complexity index is 345. The van der Waals surface area contributed by atoms with E-state index in [0.29, 0.717) is 6.04 Å². The zero-order valence-corrected chi connectivity index (χ0v) is 11.5. The number of rotatable bonds is 2. The summed E-state index contributed by atoms with van der Waals surface area (Å²) in [5.41, 5.74) is -0.690. The number of piperidine rings is 1. The van der Waals surface area contributed by atoms with Gasteiger partial charge >= 0.3 is 0 Å². The van der Waals surface area contributed by atoms with Crippen molar-refractivity contribution in [1.82, 2.24) is 9.80 Å². The van der Waals surface area contributed by atoms with E-state index < -0.39 is 5.41 Å². The first-order chi connectivity index (χ1) is 8.59. The molecule has 0 unspecified atom stereocenters. The van der Waals surface area contributed by atoms with Crippen LogP contribution < -0.4 is 0 Å². The molecule has 0 spiro atoms. The quantitative estimate of drug-likeness (QED) is 0.747. The van der Waals surface area contributed by atoms with E-state index in [-0.39, 0.29) is 5.91 Å². The lowest BCUT2D eigenvalue weighted by Gasteiger charge is -2.37. The summed E-state index contributed by atoms with van der Waals surface area (Å²) in [6.45, 7) is 1.62. The van der Waals surface area contributed by atoms with Gasteiger partial charge in [0.15, 0.2) is 0 Å². The monoisotopic (exact) mass is 249 g/mol. The predicted molar refractivity (Wildman–Crippen MR) is 69.8 cm³/mol. The SMILES string of the molecule is CN(C)C1CCN(C(=O)C2(C#N)CCCC2)CC1. The summed E-state index contributed by atoms with van der Waals surface area (Å²) in [7, 11) is 4.19. The molecule has 1 amide bonds. The molecule has 0 radical (unpaired) electrons. The van der Waals surface area contributed by atoms with Gasteiger partial charge in [-0.2, -0.15) is 5.26 Å². The third kappa shape index (κ3) is 2.37. The molecule has 0 aromatic heterocycles. The Labute approximate surface area is 110 Å². The van der Waals surface area contributed by atoms with E-state index in [4.69, 9.17) is 0 Å². The Kier molecular flexibility index (Phi) is 3.91. The molecular formula is C14H23N3O. The molecule has 1 heterocycles. The summed E-state index contributed by atoms with van der Waals surface area (Å²) < 4.78 is 0. The van der Waals surface area contributed by atoms with Crippen LogP contribution in [-0.2, 0) is 4.79 Å². The topological polar surface area (TPSA) is 47.3 Å². The maximum absolute atomic E-state index is 12.5. The Morgan fingerprint density at radius 2 is 1.83 bits per heavy atom. The molecule has 1 aliphatic heterocycles. The van der Waals surface area contributed by atoms with Gasteiger partial charge < -0.3 is 9.80 Å². The summed E-state index contributed by atoms with van der Waals surface area (Å²) in [5, 5.41) is 9.35. The average molecular weight is 249 g/mol. The highest BCUT2D eigenvalue weighted by atomic mass is 16.2. The Morgan fingerprint density at radius 3 is 2.28 bits per heavy atom. The molecule has 0 aromatic carbocycles. The van der Waals surface area contributed by atoms with Gasteiger partial charge in [-0.15, -0.1) is 0 Å². The van der Waals surface area contributed by atoms with E-state index in [9.17, 15) is 10.1 Å². The van der Waals surface area contributed by atoms with Crippen LogP contribution in [0.4, 0.5) is 0 Å². The molecule has 1 saturated heterocycles. The van der Waals surface area contributed by atoms with Crippen LogP contribution in [0.5, 0.6) is 0 Å². The van der Waals surface area contributed by atoms with E-state index >= 15 is 0 Å². The lowest BCUT2D eigenvalue weighted by Crippen LogP contribution is -2.49. The van der Waals surface area contributed by atoms with E-state index in [1.165, 1.54) is 0 Å². The number of nitrogens with zero attached hydrogens (tertiary/aromatic N) is 3. The minimum atomic E-state index is -0.690. The third-order valence-electron chi connectivity index (χ3n) is 4.56. The molecule has 1 saturated carbocycles. The molecule has 2 fully saturated rings. The van der Waals surface area contributed by atoms with Gasteiger partial charge in [0.25, 0.3) is 0 Å². The van der Waals surface area contributed by atoms with Crippen LogP contribution in [0.15, 0.2) is 0 Å². The first-order valence-corrected chi connectivity index (χ1v) is 6.96. The van der Waals surface area contributed by atoms with E-state index in [2.05, 4.69) is 25.1 Å². The largest absolute Gasteiger partial charge is 0.341 e. The fourth-order valence-electron chi connectivity index (χ4n) is 3.24. The van der Waals surface area contributed by atoms with Crippen LogP contribution in [0.25, 0.3) is 0 Å². The first kappa shape index (κ1) is 13.4. The zero-order chi connectivity index (χ0) is 13.2. The average Bonchev–Trinajstić information content (AvgIpc) is 2.88. The van der Waals surface area contributed by atoms with Crippen LogP contribution in [0.2, 0.25) is 0 Å². The van der Waals surface area contributed by atoms with Gasteiger partial charge in [-0.05, 0) is 39.8 Å². The fraction of sp³-hybridized carbons (Fsp3) is 0.857. The number of likely N-dealkylation sites (tertiary alicyclic amines) is 1. The number of carbonyl (C=O) groups excluding carboxylic acids is 1. The number of nitriles is 1. The molecule has 1 aliphatic carbocycles. The van der Waals surface area contributed by atoms with Crippen molar-refractivity contribution in [2.45, 2.75) is 44.6 Å². The Morgan fingerprint density at radius 1 is 1.28 bits per heavy atom. The van der Waals surface area contributed by atoms with Crippen molar-refractivity contribution in [2.24, 2.45) is 5.41 Å². The van der Waals surface area contributed by atoms with Crippen LogP contribution in [-0.4, -0.2) is 48.9 Å². The number of hydrogen-bond acceptors (Lipinski definition) is 3. The molecule has 0 bridgehead atoms. The minimum Gasteiger partial charge on any atom is -0.341 e. The molecule has 0 aromatic rings. The van der Waals surface area contributed by atoms with Gasteiger partial charge in [-0.1, -0.05) is 12.8 Å². The Hall–Kier alpha value is -1.08. The lowest BCUT2D eigenvalue weighted by atomic mass is 9.85. The van der Waals surface area contributed by atoms with Crippen molar-refractivity contribution in [2.75, 3.05) is 27.2 Å². The van der Waals surface area contributed by atoms with E-state index in [1.807, 2.05) is 4.90 Å². The summed E-state index contributed by atoms with van der Waals surface area (Å²) in [5.74, 6) is 0.0970. The number of amides is 1. The molecule has 0 N–H and O–H groups in total. The van der Waals surface area contributed by atoms with Crippen molar-refractivity contribution >= 4 is 5.91 Å². The van der Waals surface area contributed by atoms with Crippen molar-refractivity contribution in [3.8, 4) is 6.07 Å². The normalized spacial score (nSPS) is 24.2. The van der Waals surface area contributed by atoms with Gasteiger partial charge in [0.05, 0.1) is 6.07 Å². The van der Waals surface area contributed by atoms with Crippen LogP contribution in [0.3, 0.4) is 0 Å². The summed E-state index contributed by atoms with van der Waals surface area (Å²) in [6, 6.07) is 2.89. The minimum absolute atomic E-state index is 0.0970.